The normalized spacial score (nSPS) is 25.6. The van der Waals surface area contributed by atoms with E-state index < -0.39 is 10.5 Å². The predicted octanol–water partition coefficient (Wildman–Crippen LogP) is 3.91. The van der Waals surface area contributed by atoms with E-state index in [0.29, 0.717) is 18.7 Å². The summed E-state index contributed by atoms with van der Waals surface area (Å²) in [4.78, 5) is 25.4. The number of nitro benzene ring substituents is 1. The van der Waals surface area contributed by atoms with Gasteiger partial charge in [0.1, 0.15) is 5.75 Å². The van der Waals surface area contributed by atoms with Crippen molar-refractivity contribution in [3.8, 4) is 5.75 Å². The minimum absolute atomic E-state index is 0.0214. The topological polar surface area (TPSA) is 105 Å². The molecule has 2 aromatic rings. The molecule has 170 valence electrons. The second-order valence-electron chi connectivity index (χ2n) is 8.72. The number of hydrogen-bond acceptors (Lipinski definition) is 6. The van der Waals surface area contributed by atoms with Crippen molar-refractivity contribution >= 4 is 17.3 Å². The van der Waals surface area contributed by atoms with E-state index in [-0.39, 0.29) is 30.1 Å². The van der Waals surface area contributed by atoms with E-state index in [9.17, 15) is 20.0 Å². The number of ether oxygens (including phenoxy) is 1. The molecule has 1 aliphatic carbocycles. The molecule has 1 amide bonds. The predicted molar refractivity (Wildman–Crippen MR) is 121 cm³/mol. The molecule has 1 aliphatic heterocycles. The number of fused-ring (bicyclic) bond motifs is 1. The molecule has 8 heteroatoms. The largest absolute Gasteiger partial charge is 0.496 e. The molecule has 2 fully saturated rings. The van der Waals surface area contributed by atoms with Crippen LogP contribution in [0.25, 0.3) is 0 Å². The Morgan fingerprint density at radius 1 is 1.22 bits per heavy atom. The van der Waals surface area contributed by atoms with E-state index in [0.717, 1.165) is 37.0 Å². The highest BCUT2D eigenvalue weighted by atomic mass is 16.6. The number of nitrogens with one attached hydrogen (secondary N) is 1. The summed E-state index contributed by atoms with van der Waals surface area (Å²) in [6.45, 7) is 0.760. The molecule has 2 aromatic carbocycles. The van der Waals surface area contributed by atoms with E-state index in [2.05, 4.69) is 10.2 Å². The van der Waals surface area contributed by atoms with Crippen LogP contribution in [-0.2, 0) is 4.79 Å². The Morgan fingerprint density at radius 3 is 2.69 bits per heavy atom. The van der Waals surface area contributed by atoms with Crippen molar-refractivity contribution in [3.05, 3.63) is 64.2 Å². The van der Waals surface area contributed by atoms with Crippen molar-refractivity contribution in [2.75, 3.05) is 25.5 Å². The lowest BCUT2D eigenvalue weighted by Gasteiger charge is -2.52. The molecular weight excluding hydrogens is 410 g/mol. The van der Waals surface area contributed by atoms with Crippen molar-refractivity contribution in [1.82, 2.24) is 4.90 Å². The molecule has 1 heterocycles. The molecule has 8 nitrogen and oxygen atoms in total. The zero-order valence-corrected chi connectivity index (χ0v) is 18.2. The lowest BCUT2D eigenvalue weighted by molar-refractivity contribution is -0.384. The molecule has 2 N–H and O–H groups in total. The number of carbonyl (C=O) groups is 1. The summed E-state index contributed by atoms with van der Waals surface area (Å²) < 4.78 is 5.63. The minimum Gasteiger partial charge on any atom is -0.496 e. The molecule has 0 spiro atoms. The van der Waals surface area contributed by atoms with Gasteiger partial charge in [0, 0.05) is 41.9 Å². The van der Waals surface area contributed by atoms with Crippen LogP contribution in [0.4, 0.5) is 11.4 Å². The first kappa shape index (κ1) is 22.2. The molecule has 1 saturated heterocycles. The molecule has 0 bridgehead atoms. The Morgan fingerprint density at radius 2 is 1.97 bits per heavy atom. The molecule has 0 aromatic heterocycles. The number of benzene rings is 2. The third-order valence-electron chi connectivity index (χ3n) is 6.84. The van der Waals surface area contributed by atoms with E-state index in [4.69, 9.17) is 4.74 Å². The van der Waals surface area contributed by atoms with Crippen molar-refractivity contribution < 1.29 is 19.6 Å². The number of aliphatic hydroxyl groups is 1. The van der Waals surface area contributed by atoms with Gasteiger partial charge in [-0.05, 0) is 37.5 Å². The summed E-state index contributed by atoms with van der Waals surface area (Å²) in [5.41, 5.74) is 0.755. The summed E-state index contributed by atoms with van der Waals surface area (Å²) in [7, 11) is 1.64. The van der Waals surface area contributed by atoms with E-state index in [1.165, 1.54) is 24.3 Å². The summed E-state index contributed by atoms with van der Waals surface area (Å²) in [6, 6.07) is 13.5. The van der Waals surface area contributed by atoms with Crippen LogP contribution in [0.2, 0.25) is 0 Å². The Balaban J connectivity index is 1.57. The van der Waals surface area contributed by atoms with Crippen LogP contribution >= 0.6 is 0 Å². The number of methoxy groups -OCH3 is 1. The average molecular weight is 440 g/mol. The van der Waals surface area contributed by atoms with Gasteiger partial charge in [0.15, 0.2) is 0 Å². The first-order chi connectivity index (χ1) is 15.4. The highest BCUT2D eigenvalue weighted by Crippen LogP contribution is 2.50. The second kappa shape index (κ2) is 9.26. The maximum Gasteiger partial charge on any atom is 0.269 e. The average Bonchev–Trinajstić information content (AvgIpc) is 2.79. The fourth-order valence-electron chi connectivity index (χ4n) is 5.30. The number of anilines is 1. The van der Waals surface area contributed by atoms with E-state index >= 15 is 0 Å². The maximum absolute atomic E-state index is 12.9. The minimum atomic E-state index is -0.727. The van der Waals surface area contributed by atoms with Crippen molar-refractivity contribution in [3.63, 3.8) is 0 Å². The van der Waals surface area contributed by atoms with Gasteiger partial charge in [-0.2, -0.15) is 0 Å². The standard InChI is InChI=1S/C24H29N3O5/c1-32-21-8-3-2-6-19(21)23-20-7-4-5-13-24(20,29)14-15-26(23)16-22(28)25-17-9-11-18(12-10-17)27(30)31/h2-3,6,8-12,20,23,29H,4-5,7,13-16H2,1H3,(H,25,28)/t20-,23-,24-/m1/s1. The zero-order valence-electron chi connectivity index (χ0n) is 18.2. The Bertz CT molecular complexity index is 980. The van der Waals surface area contributed by atoms with Gasteiger partial charge < -0.3 is 15.2 Å². The number of piperidine rings is 1. The number of non-ortho nitro benzene ring substituents is 1. The number of likely N-dealkylation sites (tertiary alicyclic amines) is 1. The zero-order chi connectivity index (χ0) is 22.7. The van der Waals surface area contributed by atoms with Gasteiger partial charge in [-0.15, -0.1) is 0 Å². The van der Waals surface area contributed by atoms with Crippen molar-refractivity contribution in [1.29, 1.82) is 0 Å². The van der Waals surface area contributed by atoms with E-state index in [1.807, 2.05) is 24.3 Å². The van der Waals surface area contributed by atoms with Crippen LogP contribution in [0.3, 0.4) is 0 Å². The SMILES string of the molecule is COc1ccccc1[C@@H]1[C@H]2CCCC[C@@]2(O)CCN1CC(=O)Nc1ccc([N+](=O)[O-])cc1. The first-order valence-electron chi connectivity index (χ1n) is 11.0. The maximum atomic E-state index is 12.9. The Hall–Kier alpha value is -2.97. The first-order valence-corrected chi connectivity index (χ1v) is 11.0. The van der Waals surface area contributed by atoms with Gasteiger partial charge >= 0.3 is 0 Å². The summed E-state index contributed by atoms with van der Waals surface area (Å²) in [5.74, 6) is 0.585. The summed E-state index contributed by atoms with van der Waals surface area (Å²) >= 11 is 0. The Labute approximate surface area is 187 Å². The van der Waals surface area contributed by atoms with Gasteiger partial charge in [-0.1, -0.05) is 31.0 Å². The number of carbonyl (C=O) groups excluding carboxylic acids is 1. The number of hydrogen-bond donors (Lipinski definition) is 2. The quantitative estimate of drug-likeness (QED) is 0.522. The molecule has 32 heavy (non-hydrogen) atoms. The van der Waals surface area contributed by atoms with Crippen LogP contribution in [0, 0.1) is 16.0 Å². The summed E-state index contributed by atoms with van der Waals surface area (Å²) in [6.07, 6.45) is 4.40. The lowest BCUT2D eigenvalue weighted by atomic mass is 9.66. The smallest absolute Gasteiger partial charge is 0.269 e. The van der Waals surface area contributed by atoms with Gasteiger partial charge in [-0.25, -0.2) is 0 Å². The number of rotatable bonds is 6. The lowest BCUT2D eigenvalue weighted by Crippen LogP contribution is -2.56. The van der Waals surface area contributed by atoms with Crippen molar-refractivity contribution in [2.45, 2.75) is 43.7 Å². The van der Waals surface area contributed by atoms with Gasteiger partial charge in [-0.3, -0.25) is 19.8 Å². The molecule has 2 aliphatic rings. The fraction of sp³-hybridized carbons (Fsp3) is 0.458. The van der Waals surface area contributed by atoms with E-state index in [1.54, 1.807) is 7.11 Å². The number of nitro groups is 1. The number of nitrogens with zero attached hydrogens (tertiary/aromatic N) is 2. The van der Waals surface area contributed by atoms with Crippen LogP contribution in [0.5, 0.6) is 5.75 Å². The van der Waals surface area contributed by atoms with Crippen LogP contribution in [-0.4, -0.2) is 46.6 Å². The monoisotopic (exact) mass is 439 g/mol. The van der Waals surface area contributed by atoms with Crippen molar-refractivity contribution in [2.24, 2.45) is 5.92 Å². The molecule has 4 rings (SSSR count). The Kier molecular flexibility index (Phi) is 6.43. The van der Waals surface area contributed by atoms with Gasteiger partial charge in [0.05, 0.1) is 24.2 Å². The van der Waals surface area contributed by atoms with Crippen LogP contribution in [0.15, 0.2) is 48.5 Å². The molecule has 0 radical (unpaired) electrons. The number of amides is 1. The third-order valence-corrected chi connectivity index (χ3v) is 6.84. The van der Waals surface area contributed by atoms with Gasteiger partial charge in [0.25, 0.3) is 5.69 Å². The number of para-hydroxylation sites is 1. The molecule has 3 atom stereocenters. The highest BCUT2D eigenvalue weighted by molar-refractivity contribution is 5.92. The molecular formula is C24H29N3O5. The second-order valence-corrected chi connectivity index (χ2v) is 8.72. The third kappa shape index (κ3) is 4.47. The molecule has 1 saturated carbocycles. The fourth-order valence-corrected chi connectivity index (χ4v) is 5.30. The highest BCUT2D eigenvalue weighted by Gasteiger charge is 2.49. The van der Waals surface area contributed by atoms with Crippen LogP contribution < -0.4 is 10.1 Å². The van der Waals surface area contributed by atoms with Gasteiger partial charge in [0.2, 0.25) is 5.91 Å². The summed E-state index contributed by atoms with van der Waals surface area (Å²) in [5, 5.41) is 25.1. The van der Waals surface area contributed by atoms with Crippen LogP contribution in [0.1, 0.15) is 43.7 Å². The molecule has 0 unspecified atom stereocenters.